The van der Waals surface area contributed by atoms with Gasteiger partial charge in [0.05, 0.1) is 13.2 Å². The van der Waals surface area contributed by atoms with Crippen LogP contribution in [0.25, 0.3) is 0 Å². The Bertz CT molecular complexity index is 341. The Morgan fingerprint density at radius 1 is 1.29 bits per heavy atom. The van der Waals surface area contributed by atoms with Gasteiger partial charge in [-0.3, -0.25) is 9.80 Å². The highest BCUT2D eigenvalue weighted by Gasteiger charge is 2.25. The summed E-state index contributed by atoms with van der Waals surface area (Å²) in [6.07, 6.45) is 9.08. The molecule has 0 N–H and O–H groups in total. The topological polar surface area (TPSA) is 45.1 Å². The van der Waals surface area contributed by atoms with Crippen molar-refractivity contribution in [1.82, 2.24) is 9.91 Å². The van der Waals surface area contributed by atoms with Gasteiger partial charge in [-0.25, -0.2) is 0 Å². The normalized spacial score (nSPS) is 21.5. The summed E-state index contributed by atoms with van der Waals surface area (Å²) in [7, 11) is 0. The van der Waals surface area contributed by atoms with Gasteiger partial charge in [0.25, 0.3) is 0 Å². The summed E-state index contributed by atoms with van der Waals surface area (Å²) in [6, 6.07) is -0.277. The van der Waals surface area contributed by atoms with Crippen LogP contribution in [0.2, 0.25) is 0 Å². The molecule has 0 radical (unpaired) electrons. The molecule has 1 atom stereocenters. The summed E-state index contributed by atoms with van der Waals surface area (Å²) >= 11 is 0. The maximum absolute atomic E-state index is 12.2. The number of allylic oxidation sites excluding steroid dienone is 3. The standard InChI is InChI=1S/C12H17N3O2/c1-11(15-6-4-2-3-5-13-15)12(16)14-7-9-17-10-8-14/h2-6,11H,7-10H2,1H3. The fraction of sp³-hybridized carbons (Fsp3) is 0.500. The van der Waals surface area contributed by atoms with E-state index in [1.54, 1.807) is 11.2 Å². The number of nitrogens with zero attached hydrogens (tertiary/aromatic N) is 3. The molecule has 0 aromatic carbocycles. The largest absolute Gasteiger partial charge is 0.378 e. The van der Waals surface area contributed by atoms with E-state index in [1.165, 1.54) is 0 Å². The molecule has 2 heterocycles. The molecule has 0 aliphatic carbocycles. The number of ether oxygens (including phenoxy) is 1. The highest BCUT2D eigenvalue weighted by Crippen LogP contribution is 2.08. The lowest BCUT2D eigenvalue weighted by Crippen LogP contribution is -2.48. The number of hydrazone groups is 1. The summed E-state index contributed by atoms with van der Waals surface area (Å²) in [5.74, 6) is 0.0944. The van der Waals surface area contributed by atoms with Crippen LogP contribution in [0.4, 0.5) is 0 Å². The first kappa shape index (κ1) is 11.9. The van der Waals surface area contributed by atoms with E-state index in [2.05, 4.69) is 5.10 Å². The van der Waals surface area contributed by atoms with Gasteiger partial charge in [0, 0.05) is 25.5 Å². The quantitative estimate of drug-likeness (QED) is 0.704. The summed E-state index contributed by atoms with van der Waals surface area (Å²) in [6.45, 7) is 4.45. The summed E-state index contributed by atoms with van der Waals surface area (Å²) in [5.41, 5.74) is 0. The Morgan fingerprint density at radius 2 is 2.06 bits per heavy atom. The van der Waals surface area contributed by atoms with Crippen LogP contribution in [0.1, 0.15) is 6.92 Å². The number of carbonyl (C=O) groups excluding carboxylic acids is 1. The van der Waals surface area contributed by atoms with E-state index >= 15 is 0 Å². The molecule has 0 saturated carbocycles. The van der Waals surface area contributed by atoms with Gasteiger partial charge in [-0.15, -0.1) is 0 Å². The summed E-state index contributed by atoms with van der Waals surface area (Å²) in [4.78, 5) is 14.0. The van der Waals surface area contributed by atoms with Crippen LogP contribution in [0, 0.1) is 0 Å². The zero-order valence-corrected chi connectivity index (χ0v) is 9.95. The molecule has 92 valence electrons. The maximum Gasteiger partial charge on any atom is 0.247 e. The predicted octanol–water partition coefficient (Wildman–Crippen LogP) is 0.605. The number of rotatable bonds is 2. The molecule has 17 heavy (non-hydrogen) atoms. The van der Waals surface area contributed by atoms with Gasteiger partial charge in [0.15, 0.2) is 0 Å². The SMILES string of the molecule is CC(C(=O)N1CCOCC1)N1C=CC=CC=N1. The van der Waals surface area contributed by atoms with Gasteiger partial charge in [0.2, 0.25) is 5.91 Å². The van der Waals surface area contributed by atoms with Crippen LogP contribution < -0.4 is 0 Å². The molecule has 2 rings (SSSR count). The predicted molar refractivity (Wildman–Crippen MR) is 65.5 cm³/mol. The Hall–Kier alpha value is -1.62. The second-order valence-corrected chi connectivity index (χ2v) is 3.98. The maximum atomic E-state index is 12.2. The number of carbonyl (C=O) groups is 1. The molecular formula is C12H17N3O2. The Balaban J connectivity index is 1.98. The number of hydrogen-bond donors (Lipinski definition) is 0. The van der Waals surface area contributed by atoms with Gasteiger partial charge in [-0.2, -0.15) is 5.10 Å². The van der Waals surface area contributed by atoms with Crippen LogP contribution in [-0.2, 0) is 9.53 Å². The Kier molecular flexibility index (Phi) is 3.93. The minimum absolute atomic E-state index is 0.0944. The molecule has 1 saturated heterocycles. The molecule has 0 aromatic heterocycles. The molecule has 1 unspecified atom stereocenters. The third kappa shape index (κ3) is 2.94. The van der Waals surface area contributed by atoms with E-state index in [0.717, 1.165) is 0 Å². The number of morpholine rings is 1. The van der Waals surface area contributed by atoms with Crippen molar-refractivity contribution < 1.29 is 9.53 Å². The second-order valence-electron chi connectivity index (χ2n) is 3.98. The van der Waals surface area contributed by atoms with Gasteiger partial charge in [0.1, 0.15) is 6.04 Å². The van der Waals surface area contributed by atoms with Crippen molar-refractivity contribution in [1.29, 1.82) is 0 Å². The smallest absolute Gasteiger partial charge is 0.247 e. The van der Waals surface area contributed by atoms with Crippen LogP contribution in [-0.4, -0.2) is 54.4 Å². The van der Waals surface area contributed by atoms with Gasteiger partial charge >= 0.3 is 0 Å². The van der Waals surface area contributed by atoms with Gasteiger partial charge in [-0.1, -0.05) is 6.08 Å². The molecular weight excluding hydrogens is 218 g/mol. The van der Waals surface area contributed by atoms with Crippen molar-refractivity contribution in [3.05, 3.63) is 24.4 Å². The van der Waals surface area contributed by atoms with Crippen LogP contribution in [0.5, 0.6) is 0 Å². The van der Waals surface area contributed by atoms with E-state index < -0.39 is 0 Å². The molecule has 0 spiro atoms. The van der Waals surface area contributed by atoms with Crippen molar-refractivity contribution in [2.24, 2.45) is 5.10 Å². The second kappa shape index (κ2) is 5.63. The number of hydrogen-bond acceptors (Lipinski definition) is 4. The average molecular weight is 235 g/mol. The first-order valence-corrected chi connectivity index (χ1v) is 5.81. The minimum Gasteiger partial charge on any atom is -0.378 e. The average Bonchev–Trinajstić information content (AvgIpc) is 2.67. The molecule has 1 fully saturated rings. The van der Waals surface area contributed by atoms with Crippen LogP contribution in [0.3, 0.4) is 0 Å². The molecule has 0 aromatic rings. The zero-order valence-electron chi connectivity index (χ0n) is 9.95. The molecule has 1 amide bonds. The van der Waals surface area contributed by atoms with Crippen molar-refractivity contribution in [2.45, 2.75) is 13.0 Å². The van der Waals surface area contributed by atoms with Crippen molar-refractivity contribution in [3.8, 4) is 0 Å². The van der Waals surface area contributed by atoms with E-state index in [0.29, 0.717) is 26.3 Å². The van der Waals surface area contributed by atoms with E-state index in [4.69, 9.17) is 4.74 Å². The van der Waals surface area contributed by atoms with E-state index in [9.17, 15) is 4.79 Å². The minimum atomic E-state index is -0.277. The highest BCUT2D eigenvalue weighted by atomic mass is 16.5. The Labute approximate surface area is 101 Å². The first-order chi connectivity index (χ1) is 8.29. The lowest BCUT2D eigenvalue weighted by atomic mass is 10.2. The van der Waals surface area contributed by atoms with Crippen LogP contribution in [0.15, 0.2) is 29.5 Å². The third-order valence-electron chi connectivity index (χ3n) is 2.82. The lowest BCUT2D eigenvalue weighted by Gasteiger charge is -2.31. The van der Waals surface area contributed by atoms with Crippen molar-refractivity contribution in [2.75, 3.05) is 26.3 Å². The Morgan fingerprint density at radius 3 is 2.82 bits per heavy atom. The van der Waals surface area contributed by atoms with Crippen LogP contribution >= 0.6 is 0 Å². The fourth-order valence-electron chi connectivity index (χ4n) is 1.80. The lowest BCUT2D eigenvalue weighted by molar-refractivity contribution is -0.139. The highest BCUT2D eigenvalue weighted by molar-refractivity contribution is 5.82. The third-order valence-corrected chi connectivity index (χ3v) is 2.82. The fourth-order valence-corrected chi connectivity index (χ4v) is 1.80. The number of amides is 1. The van der Waals surface area contributed by atoms with Gasteiger partial charge in [-0.05, 0) is 19.1 Å². The summed E-state index contributed by atoms with van der Waals surface area (Å²) < 4.78 is 5.23. The zero-order chi connectivity index (χ0) is 12.1. The molecule has 0 bridgehead atoms. The van der Waals surface area contributed by atoms with Gasteiger partial charge < -0.3 is 9.64 Å². The van der Waals surface area contributed by atoms with E-state index in [-0.39, 0.29) is 11.9 Å². The molecule has 5 heteroatoms. The van der Waals surface area contributed by atoms with E-state index in [1.807, 2.05) is 36.3 Å². The van der Waals surface area contributed by atoms with Crippen molar-refractivity contribution in [3.63, 3.8) is 0 Å². The molecule has 2 aliphatic rings. The molecule has 2 aliphatic heterocycles. The van der Waals surface area contributed by atoms with Crippen molar-refractivity contribution >= 4 is 12.1 Å². The monoisotopic (exact) mass is 235 g/mol. The summed E-state index contributed by atoms with van der Waals surface area (Å²) in [5, 5.41) is 5.87. The molecule has 5 nitrogen and oxygen atoms in total. The first-order valence-electron chi connectivity index (χ1n) is 5.81.